The van der Waals surface area contributed by atoms with Gasteiger partial charge in [-0.05, 0) is 18.1 Å². The second kappa shape index (κ2) is 9.47. The third-order valence-corrected chi connectivity index (χ3v) is 3.72. The summed E-state index contributed by atoms with van der Waals surface area (Å²) in [5.74, 6) is -1.64. The van der Waals surface area contributed by atoms with Gasteiger partial charge < -0.3 is 14.7 Å². The minimum absolute atomic E-state index is 0.0232. The number of carboxylic acid groups (broad SMARTS) is 1. The molecule has 26 heavy (non-hydrogen) atoms. The number of amides is 1. The van der Waals surface area contributed by atoms with Gasteiger partial charge in [-0.25, -0.2) is 4.68 Å². The fourth-order valence-electron chi connectivity index (χ4n) is 2.39. The molecule has 0 saturated carbocycles. The maximum Gasteiger partial charge on any atom is 0.323 e. The van der Waals surface area contributed by atoms with E-state index in [-0.39, 0.29) is 30.9 Å². The normalized spacial score (nSPS) is 10.5. The number of aliphatic carboxylic acids is 1. The number of rotatable bonds is 9. The molecule has 0 aliphatic heterocycles. The molecule has 2 rings (SSSR count). The molecule has 1 heterocycles. The summed E-state index contributed by atoms with van der Waals surface area (Å²) in [6.07, 6.45) is 0.517. The molecule has 1 N–H and O–H groups in total. The molecule has 1 aromatic carbocycles. The van der Waals surface area contributed by atoms with E-state index < -0.39 is 18.4 Å². The van der Waals surface area contributed by atoms with Crippen molar-refractivity contribution in [3.8, 4) is 0 Å². The lowest BCUT2D eigenvalue weighted by atomic mass is 10.1. The van der Waals surface area contributed by atoms with Crippen molar-refractivity contribution in [2.24, 2.45) is 0 Å². The Morgan fingerprint density at radius 2 is 1.92 bits per heavy atom. The molecule has 0 fully saturated rings. The van der Waals surface area contributed by atoms with Crippen LogP contribution in [0.4, 0.5) is 0 Å². The monoisotopic (exact) mass is 359 g/mol. The van der Waals surface area contributed by atoms with Gasteiger partial charge in [-0.1, -0.05) is 30.3 Å². The van der Waals surface area contributed by atoms with Gasteiger partial charge in [-0.3, -0.25) is 14.4 Å². The topological polar surface area (TPSA) is 102 Å². The highest BCUT2D eigenvalue weighted by atomic mass is 16.5. The molecular weight excluding hydrogens is 338 g/mol. The maximum atomic E-state index is 12.7. The van der Waals surface area contributed by atoms with Crippen LogP contribution in [-0.2, 0) is 22.5 Å². The molecule has 0 aliphatic carbocycles. The Hall–Kier alpha value is -3.00. The molecule has 8 nitrogen and oxygen atoms in total. The summed E-state index contributed by atoms with van der Waals surface area (Å²) in [5, 5.41) is 13.1. The molecule has 0 radical (unpaired) electrons. The Kier molecular flexibility index (Phi) is 7.04. The van der Waals surface area contributed by atoms with Crippen molar-refractivity contribution >= 4 is 11.9 Å². The number of carbonyl (C=O) groups excluding carboxylic acids is 1. The predicted octanol–water partition coefficient (Wildman–Crippen LogP) is 0.659. The van der Waals surface area contributed by atoms with Crippen LogP contribution < -0.4 is 5.56 Å². The van der Waals surface area contributed by atoms with Crippen molar-refractivity contribution in [2.75, 3.05) is 26.8 Å². The van der Waals surface area contributed by atoms with E-state index in [1.54, 1.807) is 0 Å². The molecule has 0 aliphatic rings. The molecule has 1 aromatic heterocycles. The number of methoxy groups -OCH3 is 1. The second-order valence-corrected chi connectivity index (χ2v) is 5.63. The van der Waals surface area contributed by atoms with Crippen molar-refractivity contribution < 1.29 is 19.4 Å². The van der Waals surface area contributed by atoms with Gasteiger partial charge >= 0.3 is 5.97 Å². The van der Waals surface area contributed by atoms with Gasteiger partial charge in [0.1, 0.15) is 12.2 Å². The first kappa shape index (κ1) is 19.3. The standard InChI is InChI=1S/C18H21N3O5/c1-26-12-11-21-16(22)8-7-15(19-21)18(25)20(13-17(23)24)10-9-14-5-3-2-4-6-14/h2-8H,9-13H2,1H3,(H,23,24). The number of ether oxygens (including phenoxy) is 1. The van der Waals surface area contributed by atoms with Crippen LogP contribution in [-0.4, -0.2) is 58.5 Å². The van der Waals surface area contributed by atoms with Gasteiger partial charge in [0.05, 0.1) is 13.2 Å². The number of nitrogens with zero attached hydrogens (tertiary/aromatic N) is 3. The first-order valence-corrected chi connectivity index (χ1v) is 8.13. The summed E-state index contributed by atoms with van der Waals surface area (Å²) in [6.45, 7) is 0.273. The largest absolute Gasteiger partial charge is 0.480 e. The summed E-state index contributed by atoms with van der Waals surface area (Å²) >= 11 is 0. The van der Waals surface area contributed by atoms with Crippen LogP contribution in [0.15, 0.2) is 47.3 Å². The Balaban J connectivity index is 2.17. The second-order valence-electron chi connectivity index (χ2n) is 5.63. The van der Waals surface area contributed by atoms with Gasteiger partial charge in [0.2, 0.25) is 0 Å². The van der Waals surface area contributed by atoms with E-state index in [2.05, 4.69) is 5.10 Å². The van der Waals surface area contributed by atoms with Gasteiger partial charge in [-0.2, -0.15) is 5.10 Å². The predicted molar refractivity (Wildman–Crippen MR) is 94.1 cm³/mol. The summed E-state index contributed by atoms with van der Waals surface area (Å²) in [6, 6.07) is 12.0. The van der Waals surface area contributed by atoms with Crippen LogP contribution in [0.1, 0.15) is 16.1 Å². The highest BCUT2D eigenvalue weighted by molar-refractivity contribution is 5.93. The number of hydrogen-bond donors (Lipinski definition) is 1. The molecule has 2 aromatic rings. The number of carbonyl (C=O) groups is 2. The van der Waals surface area contributed by atoms with Crippen LogP contribution >= 0.6 is 0 Å². The zero-order valence-electron chi connectivity index (χ0n) is 14.5. The third kappa shape index (κ3) is 5.52. The zero-order chi connectivity index (χ0) is 18.9. The third-order valence-electron chi connectivity index (χ3n) is 3.72. The van der Waals surface area contributed by atoms with Crippen molar-refractivity contribution in [2.45, 2.75) is 13.0 Å². The minimum Gasteiger partial charge on any atom is -0.480 e. The highest BCUT2D eigenvalue weighted by Gasteiger charge is 2.20. The summed E-state index contributed by atoms with van der Waals surface area (Å²) in [7, 11) is 1.50. The lowest BCUT2D eigenvalue weighted by molar-refractivity contribution is -0.137. The van der Waals surface area contributed by atoms with E-state index in [4.69, 9.17) is 9.84 Å². The van der Waals surface area contributed by atoms with Crippen LogP contribution in [0.2, 0.25) is 0 Å². The fourth-order valence-corrected chi connectivity index (χ4v) is 2.39. The number of aromatic nitrogens is 2. The first-order chi connectivity index (χ1) is 12.5. The molecule has 8 heteroatoms. The van der Waals surface area contributed by atoms with Gasteiger partial charge in [0.25, 0.3) is 11.5 Å². The average molecular weight is 359 g/mol. The molecule has 0 saturated heterocycles. The Morgan fingerprint density at radius 1 is 1.19 bits per heavy atom. The lowest BCUT2D eigenvalue weighted by Crippen LogP contribution is -2.39. The first-order valence-electron chi connectivity index (χ1n) is 8.13. The van der Waals surface area contributed by atoms with Gasteiger partial charge in [0.15, 0.2) is 0 Å². The Morgan fingerprint density at radius 3 is 2.58 bits per heavy atom. The summed E-state index contributed by atoms with van der Waals surface area (Å²) in [4.78, 5) is 36.8. The molecule has 0 spiro atoms. The Labute approximate surface area is 150 Å². The van der Waals surface area contributed by atoms with Crippen LogP contribution in [0.3, 0.4) is 0 Å². The number of hydrogen-bond acceptors (Lipinski definition) is 5. The van der Waals surface area contributed by atoms with Crippen LogP contribution in [0.25, 0.3) is 0 Å². The van der Waals surface area contributed by atoms with E-state index in [0.29, 0.717) is 6.42 Å². The van der Waals surface area contributed by atoms with E-state index in [1.165, 1.54) is 24.1 Å². The quantitative estimate of drug-likeness (QED) is 0.706. The molecule has 0 unspecified atom stereocenters. The molecular formula is C18H21N3O5. The van der Waals surface area contributed by atoms with Gasteiger partial charge in [-0.15, -0.1) is 0 Å². The molecule has 0 bridgehead atoms. The summed E-state index contributed by atoms with van der Waals surface area (Å²) in [5.41, 5.74) is 0.663. The SMILES string of the molecule is COCCn1nc(C(=O)N(CCc2ccccc2)CC(=O)O)ccc1=O. The van der Waals surface area contributed by atoms with Crippen molar-refractivity contribution in [1.82, 2.24) is 14.7 Å². The average Bonchev–Trinajstić information content (AvgIpc) is 2.64. The van der Waals surface area contributed by atoms with Crippen molar-refractivity contribution in [3.63, 3.8) is 0 Å². The zero-order valence-corrected chi connectivity index (χ0v) is 14.5. The minimum atomic E-state index is -1.11. The highest BCUT2D eigenvalue weighted by Crippen LogP contribution is 2.05. The molecule has 138 valence electrons. The van der Waals surface area contributed by atoms with Gasteiger partial charge in [0, 0.05) is 19.7 Å². The number of benzene rings is 1. The summed E-state index contributed by atoms with van der Waals surface area (Å²) < 4.78 is 6.05. The van der Waals surface area contributed by atoms with Crippen LogP contribution in [0, 0.1) is 0 Å². The fraction of sp³-hybridized carbons (Fsp3) is 0.333. The maximum absolute atomic E-state index is 12.7. The van der Waals surface area contributed by atoms with E-state index in [1.807, 2.05) is 30.3 Å². The Bertz CT molecular complexity index is 804. The van der Waals surface area contributed by atoms with E-state index in [9.17, 15) is 14.4 Å². The molecule has 1 amide bonds. The van der Waals surface area contributed by atoms with E-state index >= 15 is 0 Å². The van der Waals surface area contributed by atoms with Crippen molar-refractivity contribution in [1.29, 1.82) is 0 Å². The van der Waals surface area contributed by atoms with E-state index in [0.717, 1.165) is 10.2 Å². The van der Waals surface area contributed by atoms with Crippen LogP contribution in [0.5, 0.6) is 0 Å². The smallest absolute Gasteiger partial charge is 0.323 e. The lowest BCUT2D eigenvalue weighted by Gasteiger charge is -2.20. The number of carboxylic acids is 1. The molecule has 0 atom stereocenters. The van der Waals surface area contributed by atoms with Crippen molar-refractivity contribution in [3.05, 3.63) is 64.1 Å².